The van der Waals surface area contributed by atoms with E-state index in [2.05, 4.69) is 4.98 Å². The highest BCUT2D eigenvalue weighted by Crippen LogP contribution is 2.23. The molecule has 30 heavy (non-hydrogen) atoms. The van der Waals surface area contributed by atoms with E-state index in [-0.39, 0.29) is 11.0 Å². The second-order valence-electron chi connectivity index (χ2n) is 6.94. The zero-order valence-corrected chi connectivity index (χ0v) is 17.3. The molecule has 5 nitrogen and oxygen atoms in total. The number of halogens is 1. The third-order valence-electron chi connectivity index (χ3n) is 4.96. The van der Waals surface area contributed by atoms with Crippen LogP contribution in [0.1, 0.15) is 27.2 Å². The van der Waals surface area contributed by atoms with Gasteiger partial charge in [-0.1, -0.05) is 41.9 Å². The zero-order chi connectivity index (χ0) is 21.3. The summed E-state index contributed by atoms with van der Waals surface area (Å²) in [6.45, 7) is 2.23. The van der Waals surface area contributed by atoms with Crippen molar-refractivity contribution in [1.82, 2.24) is 9.55 Å². The first-order chi connectivity index (χ1) is 14.5. The fraction of sp³-hybridized carbons (Fsp3) is 0.125. The first-order valence-corrected chi connectivity index (χ1v) is 9.79. The molecule has 0 aliphatic rings. The molecule has 0 unspecified atom stereocenters. The second-order valence-corrected chi connectivity index (χ2v) is 7.35. The number of pyridine rings is 2. The van der Waals surface area contributed by atoms with E-state index in [1.807, 2.05) is 25.1 Å². The number of rotatable bonds is 5. The molecule has 6 heteroatoms. The molecule has 150 valence electrons. The minimum Gasteiger partial charge on any atom is -0.496 e. The highest BCUT2D eigenvalue weighted by Gasteiger charge is 2.21. The normalized spacial score (nSPS) is 10.9. The second kappa shape index (κ2) is 8.13. The van der Waals surface area contributed by atoms with Crippen molar-refractivity contribution in [2.24, 2.45) is 0 Å². The number of benzene rings is 2. The number of aromatic nitrogens is 2. The summed E-state index contributed by atoms with van der Waals surface area (Å²) in [7, 11) is 1.49. The van der Waals surface area contributed by atoms with Crippen molar-refractivity contribution in [3.63, 3.8) is 0 Å². The Hall–Kier alpha value is -3.44. The topological polar surface area (TPSA) is 61.2 Å². The van der Waals surface area contributed by atoms with Gasteiger partial charge in [-0.05, 0) is 42.8 Å². The molecule has 0 aliphatic carbocycles. The van der Waals surface area contributed by atoms with Gasteiger partial charge in [-0.15, -0.1) is 0 Å². The van der Waals surface area contributed by atoms with Gasteiger partial charge < -0.3 is 9.30 Å². The highest BCUT2D eigenvalue weighted by molar-refractivity contribution is 6.31. The van der Waals surface area contributed by atoms with Crippen LogP contribution < -0.4 is 10.2 Å². The SMILES string of the molecule is COc1ccccc1C(=O)c1cn(Cc2ccccc2Cl)c2nc(C)ccc2c1=O. The lowest BCUT2D eigenvalue weighted by atomic mass is 10.0. The van der Waals surface area contributed by atoms with Gasteiger partial charge in [0.1, 0.15) is 11.4 Å². The predicted molar refractivity (Wildman–Crippen MR) is 118 cm³/mol. The van der Waals surface area contributed by atoms with E-state index in [0.717, 1.165) is 11.3 Å². The van der Waals surface area contributed by atoms with Gasteiger partial charge in [-0.25, -0.2) is 4.98 Å². The summed E-state index contributed by atoms with van der Waals surface area (Å²) in [6, 6.07) is 17.8. The molecule has 2 heterocycles. The first-order valence-electron chi connectivity index (χ1n) is 9.41. The monoisotopic (exact) mass is 418 g/mol. The Morgan fingerprint density at radius 2 is 1.77 bits per heavy atom. The van der Waals surface area contributed by atoms with E-state index >= 15 is 0 Å². The summed E-state index contributed by atoms with van der Waals surface area (Å²) in [4.78, 5) is 31.0. The molecule has 0 saturated heterocycles. The van der Waals surface area contributed by atoms with Crippen molar-refractivity contribution in [1.29, 1.82) is 0 Å². The van der Waals surface area contributed by atoms with Gasteiger partial charge in [0.2, 0.25) is 11.2 Å². The lowest BCUT2D eigenvalue weighted by molar-refractivity contribution is 0.103. The maximum Gasteiger partial charge on any atom is 0.202 e. The summed E-state index contributed by atoms with van der Waals surface area (Å²) in [5, 5.41) is 0.989. The van der Waals surface area contributed by atoms with E-state index < -0.39 is 5.78 Å². The lowest BCUT2D eigenvalue weighted by Crippen LogP contribution is -2.21. The number of aryl methyl sites for hydroxylation is 1. The van der Waals surface area contributed by atoms with Gasteiger partial charge in [0.15, 0.2) is 0 Å². The summed E-state index contributed by atoms with van der Waals surface area (Å²) in [6.07, 6.45) is 1.56. The van der Waals surface area contributed by atoms with E-state index in [9.17, 15) is 9.59 Å². The van der Waals surface area contributed by atoms with Crippen molar-refractivity contribution in [2.45, 2.75) is 13.5 Å². The molecule has 0 N–H and O–H groups in total. The van der Waals surface area contributed by atoms with Crippen LogP contribution in [0.2, 0.25) is 5.02 Å². The minimum atomic E-state index is -0.396. The Morgan fingerprint density at radius 1 is 1.03 bits per heavy atom. The van der Waals surface area contributed by atoms with Gasteiger partial charge in [0.05, 0.1) is 30.2 Å². The number of carbonyl (C=O) groups excluding carboxylic acids is 1. The van der Waals surface area contributed by atoms with Crippen LogP contribution in [-0.2, 0) is 6.54 Å². The van der Waals surface area contributed by atoms with Crippen LogP contribution >= 0.6 is 11.6 Å². The van der Waals surface area contributed by atoms with Gasteiger partial charge in [-0.2, -0.15) is 0 Å². The summed E-state index contributed by atoms with van der Waals surface area (Å²) >= 11 is 6.35. The summed E-state index contributed by atoms with van der Waals surface area (Å²) < 4.78 is 7.11. The molecular formula is C24H19ClN2O3. The Morgan fingerprint density at radius 3 is 2.53 bits per heavy atom. The van der Waals surface area contributed by atoms with Gasteiger partial charge in [-0.3, -0.25) is 9.59 Å². The van der Waals surface area contributed by atoms with E-state index in [4.69, 9.17) is 16.3 Å². The quantitative estimate of drug-likeness (QED) is 0.443. The molecule has 2 aromatic carbocycles. The smallest absolute Gasteiger partial charge is 0.202 e. The Bertz CT molecular complexity index is 1330. The average Bonchev–Trinajstić information content (AvgIpc) is 2.76. The maximum atomic E-state index is 13.3. The maximum absolute atomic E-state index is 13.3. The van der Waals surface area contributed by atoms with Crippen LogP contribution in [0.3, 0.4) is 0 Å². The van der Waals surface area contributed by atoms with Crippen LogP contribution in [0.4, 0.5) is 0 Å². The molecule has 0 aliphatic heterocycles. The third kappa shape index (κ3) is 3.60. The fourth-order valence-electron chi connectivity index (χ4n) is 3.43. The van der Waals surface area contributed by atoms with Crippen LogP contribution in [0.25, 0.3) is 11.0 Å². The fourth-order valence-corrected chi connectivity index (χ4v) is 3.63. The van der Waals surface area contributed by atoms with Crippen LogP contribution in [-0.4, -0.2) is 22.4 Å². The minimum absolute atomic E-state index is 0.0599. The number of ketones is 1. The average molecular weight is 419 g/mol. The Labute approximate surface area is 178 Å². The van der Waals surface area contributed by atoms with E-state index in [1.54, 1.807) is 53.2 Å². The number of nitrogens with zero attached hydrogens (tertiary/aromatic N) is 2. The summed E-state index contributed by atoms with van der Waals surface area (Å²) in [5.74, 6) is 0.0227. The standard InChI is InChI=1S/C24H19ClN2O3/c1-15-11-12-18-23(29)19(22(28)17-8-4-6-10-21(17)30-2)14-27(24(18)26-15)13-16-7-3-5-9-20(16)25/h3-12,14H,13H2,1-2H3. The molecule has 0 fully saturated rings. The van der Waals surface area contributed by atoms with Crippen LogP contribution in [0.15, 0.2) is 71.7 Å². The van der Waals surface area contributed by atoms with Crippen molar-refractivity contribution >= 4 is 28.4 Å². The largest absolute Gasteiger partial charge is 0.496 e. The highest BCUT2D eigenvalue weighted by atomic mass is 35.5. The van der Waals surface area contributed by atoms with Gasteiger partial charge in [0, 0.05) is 16.9 Å². The predicted octanol–water partition coefficient (Wildman–Crippen LogP) is 4.65. The Balaban J connectivity index is 1.94. The van der Waals surface area contributed by atoms with Crippen molar-refractivity contribution < 1.29 is 9.53 Å². The number of methoxy groups -OCH3 is 1. The first kappa shape index (κ1) is 19.9. The molecule has 4 rings (SSSR count). The van der Waals surface area contributed by atoms with Crippen molar-refractivity contribution in [2.75, 3.05) is 7.11 Å². The molecule has 0 radical (unpaired) electrons. The molecule has 0 amide bonds. The van der Waals surface area contributed by atoms with Crippen molar-refractivity contribution in [3.8, 4) is 5.75 Å². The molecular weight excluding hydrogens is 400 g/mol. The molecule has 0 atom stereocenters. The number of ether oxygens (including phenoxy) is 1. The summed E-state index contributed by atoms with van der Waals surface area (Å²) in [5.41, 5.74) is 2.19. The number of hydrogen-bond donors (Lipinski definition) is 0. The third-order valence-corrected chi connectivity index (χ3v) is 5.32. The number of carbonyl (C=O) groups is 1. The lowest BCUT2D eigenvalue weighted by Gasteiger charge is -2.14. The van der Waals surface area contributed by atoms with Gasteiger partial charge in [0.25, 0.3) is 0 Å². The van der Waals surface area contributed by atoms with E-state index in [1.165, 1.54) is 7.11 Å². The van der Waals surface area contributed by atoms with E-state index in [0.29, 0.717) is 33.9 Å². The number of para-hydroxylation sites is 1. The van der Waals surface area contributed by atoms with Crippen LogP contribution in [0, 0.1) is 6.92 Å². The number of hydrogen-bond acceptors (Lipinski definition) is 4. The number of fused-ring (bicyclic) bond motifs is 1. The molecule has 0 saturated carbocycles. The molecule has 2 aromatic heterocycles. The molecule has 0 spiro atoms. The van der Waals surface area contributed by atoms with Crippen molar-refractivity contribution in [3.05, 3.63) is 104 Å². The molecule has 4 aromatic rings. The van der Waals surface area contributed by atoms with Crippen LogP contribution in [0.5, 0.6) is 5.75 Å². The van der Waals surface area contributed by atoms with Gasteiger partial charge >= 0.3 is 0 Å². The molecule has 0 bridgehead atoms. The zero-order valence-electron chi connectivity index (χ0n) is 16.6. The Kier molecular flexibility index (Phi) is 5.38.